The number of ether oxygens (including phenoxy) is 1. The van der Waals surface area contributed by atoms with Crippen molar-refractivity contribution >= 4 is 28.5 Å². The first kappa shape index (κ1) is 12.6. The van der Waals surface area contributed by atoms with Crippen molar-refractivity contribution in [2.45, 2.75) is 6.54 Å². The molecule has 20 heavy (non-hydrogen) atoms. The molecule has 0 radical (unpaired) electrons. The Balaban J connectivity index is 1.69. The summed E-state index contributed by atoms with van der Waals surface area (Å²) in [6, 6.07) is 1.88. The van der Waals surface area contributed by atoms with Crippen molar-refractivity contribution in [1.82, 2.24) is 15.0 Å². The van der Waals surface area contributed by atoms with E-state index >= 15 is 0 Å². The van der Waals surface area contributed by atoms with Crippen molar-refractivity contribution in [1.29, 1.82) is 0 Å². The van der Waals surface area contributed by atoms with Crippen molar-refractivity contribution in [3.8, 4) is 5.88 Å². The molecular weight excluding hydrogens is 280 g/mol. The van der Waals surface area contributed by atoms with E-state index in [0.717, 1.165) is 11.3 Å². The number of nitrogens with one attached hydrogen (secondary N) is 3. The molecule has 0 fully saturated rings. The topological polar surface area (TPSA) is 101 Å². The van der Waals surface area contributed by atoms with Crippen LogP contribution in [0, 0.1) is 0 Å². The highest BCUT2D eigenvalue weighted by molar-refractivity contribution is 7.88. The Hall–Kier alpha value is -2.42. The molecule has 1 atom stereocenters. The van der Waals surface area contributed by atoms with E-state index in [9.17, 15) is 4.21 Å². The molecule has 8 nitrogen and oxygen atoms in total. The minimum atomic E-state index is -1.29. The maximum absolute atomic E-state index is 11.3. The van der Waals surface area contributed by atoms with Gasteiger partial charge >= 0.3 is 0 Å². The predicted octanol–water partition coefficient (Wildman–Crippen LogP) is 0.908. The van der Waals surface area contributed by atoms with Crippen LogP contribution in [0.3, 0.4) is 0 Å². The van der Waals surface area contributed by atoms with Crippen molar-refractivity contribution in [3.63, 3.8) is 0 Å². The van der Waals surface area contributed by atoms with E-state index in [1.807, 2.05) is 6.07 Å². The summed E-state index contributed by atoms with van der Waals surface area (Å²) in [5.41, 5.74) is 1.65. The standard InChI is InChI=1S/C11H12N6O2S/c1-19-10-6-12-5-9(15-10)13-3-7-2-8-11(14-4-7)17-20(18)16-8/h2,4-6,16H,3H2,1H3,(H,13,15)(H,14,17). The number of hydrogen-bond acceptors (Lipinski definition) is 6. The van der Waals surface area contributed by atoms with Crippen molar-refractivity contribution in [3.05, 3.63) is 30.2 Å². The molecule has 1 aliphatic rings. The van der Waals surface area contributed by atoms with E-state index in [1.165, 1.54) is 13.3 Å². The van der Waals surface area contributed by atoms with E-state index in [1.54, 1.807) is 12.4 Å². The summed E-state index contributed by atoms with van der Waals surface area (Å²) in [5.74, 6) is 1.65. The van der Waals surface area contributed by atoms with Crippen LogP contribution in [-0.4, -0.2) is 26.3 Å². The quantitative estimate of drug-likeness (QED) is 0.774. The fraction of sp³-hybridized carbons (Fsp3) is 0.182. The van der Waals surface area contributed by atoms with Gasteiger partial charge in [-0.3, -0.25) is 14.4 Å². The molecule has 0 aliphatic carbocycles. The van der Waals surface area contributed by atoms with Gasteiger partial charge in [0.05, 0.1) is 25.2 Å². The summed E-state index contributed by atoms with van der Waals surface area (Å²) in [6.45, 7) is 0.524. The monoisotopic (exact) mass is 292 g/mol. The molecule has 0 bridgehead atoms. The lowest BCUT2D eigenvalue weighted by atomic mass is 10.2. The van der Waals surface area contributed by atoms with Gasteiger partial charge in [0.25, 0.3) is 0 Å². The van der Waals surface area contributed by atoms with Crippen molar-refractivity contribution in [2.24, 2.45) is 0 Å². The summed E-state index contributed by atoms with van der Waals surface area (Å²) in [5, 5.41) is 3.12. The molecule has 0 saturated carbocycles. The van der Waals surface area contributed by atoms with Gasteiger partial charge in [-0.1, -0.05) is 0 Å². The fourth-order valence-corrected chi connectivity index (χ4v) is 2.45. The van der Waals surface area contributed by atoms with Crippen LogP contribution in [0.25, 0.3) is 0 Å². The zero-order valence-corrected chi connectivity index (χ0v) is 11.4. The van der Waals surface area contributed by atoms with Gasteiger partial charge in [0.1, 0.15) is 5.82 Å². The minimum absolute atomic E-state index is 0.448. The zero-order chi connectivity index (χ0) is 13.9. The molecule has 1 unspecified atom stereocenters. The number of fused-ring (bicyclic) bond motifs is 1. The van der Waals surface area contributed by atoms with Gasteiger partial charge in [0.2, 0.25) is 17.1 Å². The smallest absolute Gasteiger partial charge is 0.233 e. The van der Waals surface area contributed by atoms with Gasteiger partial charge in [-0.2, -0.15) is 4.98 Å². The van der Waals surface area contributed by atoms with Crippen molar-refractivity contribution < 1.29 is 8.95 Å². The number of rotatable bonds is 4. The molecule has 3 heterocycles. The Bertz CT molecular complexity index is 665. The fourth-order valence-electron chi connectivity index (χ4n) is 1.70. The third kappa shape index (κ3) is 2.62. The Morgan fingerprint density at radius 3 is 3.10 bits per heavy atom. The van der Waals surface area contributed by atoms with Gasteiger partial charge in [0, 0.05) is 12.7 Å². The molecule has 0 amide bonds. The Labute approximate surface area is 117 Å². The van der Waals surface area contributed by atoms with Crippen LogP contribution in [0.15, 0.2) is 24.7 Å². The first-order valence-corrected chi connectivity index (χ1v) is 6.93. The summed E-state index contributed by atoms with van der Waals surface area (Å²) < 4.78 is 21.7. The lowest BCUT2D eigenvalue weighted by Crippen LogP contribution is -2.03. The number of hydrogen-bond donors (Lipinski definition) is 3. The molecule has 3 rings (SSSR count). The molecule has 2 aromatic heterocycles. The average Bonchev–Trinajstić information content (AvgIpc) is 2.84. The molecule has 9 heteroatoms. The van der Waals surface area contributed by atoms with E-state index in [2.05, 4.69) is 29.7 Å². The van der Waals surface area contributed by atoms with Crippen molar-refractivity contribution in [2.75, 3.05) is 21.9 Å². The van der Waals surface area contributed by atoms with Crippen LogP contribution in [0.2, 0.25) is 0 Å². The maximum atomic E-state index is 11.3. The van der Waals surface area contributed by atoms with E-state index in [-0.39, 0.29) is 0 Å². The average molecular weight is 292 g/mol. The second-order valence-corrected chi connectivity index (χ2v) is 4.96. The number of pyridine rings is 1. The van der Waals surface area contributed by atoms with Gasteiger partial charge in [-0.25, -0.2) is 9.19 Å². The van der Waals surface area contributed by atoms with Crippen LogP contribution in [-0.2, 0) is 17.7 Å². The minimum Gasteiger partial charge on any atom is -0.480 e. The SMILES string of the molecule is COc1cncc(NCc2cnc3c(c2)NS(=O)N3)n1. The zero-order valence-electron chi connectivity index (χ0n) is 10.6. The Kier molecular flexibility index (Phi) is 3.33. The van der Waals surface area contributed by atoms with Gasteiger partial charge < -0.3 is 10.1 Å². The number of anilines is 3. The number of methoxy groups -OCH3 is 1. The van der Waals surface area contributed by atoms with Crippen LogP contribution in [0.5, 0.6) is 5.88 Å². The van der Waals surface area contributed by atoms with Crippen LogP contribution < -0.4 is 19.5 Å². The predicted molar refractivity (Wildman–Crippen MR) is 75.5 cm³/mol. The van der Waals surface area contributed by atoms with Gasteiger partial charge in [-0.05, 0) is 11.6 Å². The second kappa shape index (κ2) is 5.29. The summed E-state index contributed by atoms with van der Waals surface area (Å²) in [4.78, 5) is 12.4. The van der Waals surface area contributed by atoms with E-state index in [0.29, 0.717) is 24.1 Å². The molecule has 3 N–H and O–H groups in total. The molecule has 1 aliphatic heterocycles. The Morgan fingerprint density at radius 1 is 1.35 bits per heavy atom. The molecular formula is C11H12N6O2S. The van der Waals surface area contributed by atoms with E-state index < -0.39 is 11.2 Å². The maximum Gasteiger partial charge on any atom is 0.233 e. The third-order valence-electron chi connectivity index (χ3n) is 2.63. The van der Waals surface area contributed by atoms with Crippen LogP contribution >= 0.6 is 0 Å². The molecule has 104 valence electrons. The van der Waals surface area contributed by atoms with Gasteiger partial charge in [0.15, 0.2) is 5.82 Å². The highest BCUT2D eigenvalue weighted by atomic mass is 32.2. The lowest BCUT2D eigenvalue weighted by molar-refractivity contribution is 0.396. The highest BCUT2D eigenvalue weighted by Gasteiger charge is 2.16. The molecule has 0 aromatic carbocycles. The van der Waals surface area contributed by atoms with Gasteiger partial charge in [-0.15, -0.1) is 0 Å². The van der Waals surface area contributed by atoms with E-state index in [4.69, 9.17) is 4.74 Å². The third-order valence-corrected chi connectivity index (χ3v) is 3.42. The first-order valence-electron chi connectivity index (χ1n) is 5.78. The molecule has 0 saturated heterocycles. The largest absolute Gasteiger partial charge is 0.480 e. The normalized spacial score (nSPS) is 15.9. The number of aromatic nitrogens is 3. The van der Waals surface area contributed by atoms with Crippen LogP contribution in [0.1, 0.15) is 5.56 Å². The molecule has 2 aromatic rings. The highest BCUT2D eigenvalue weighted by Crippen LogP contribution is 2.26. The summed E-state index contributed by atoms with van der Waals surface area (Å²) in [7, 11) is 1.54. The Morgan fingerprint density at radius 2 is 2.25 bits per heavy atom. The summed E-state index contributed by atoms with van der Waals surface area (Å²) in [6.07, 6.45) is 4.85. The molecule has 0 spiro atoms. The van der Waals surface area contributed by atoms with Crippen LogP contribution in [0.4, 0.5) is 17.3 Å². The second-order valence-electron chi connectivity index (χ2n) is 4.01. The lowest BCUT2D eigenvalue weighted by Gasteiger charge is -2.07. The first-order chi connectivity index (χ1) is 9.74. The summed E-state index contributed by atoms with van der Waals surface area (Å²) >= 11 is -1.29. The number of nitrogens with zero attached hydrogens (tertiary/aromatic N) is 3.